The van der Waals surface area contributed by atoms with E-state index in [1.165, 1.54) is 25.0 Å². The molecule has 134 valence electrons. The summed E-state index contributed by atoms with van der Waals surface area (Å²) in [5.74, 6) is 0.325. The summed E-state index contributed by atoms with van der Waals surface area (Å²) in [5, 5.41) is 6.95. The lowest BCUT2D eigenvalue weighted by Gasteiger charge is -2.15. The van der Waals surface area contributed by atoms with Crippen molar-refractivity contribution >= 4 is 5.91 Å². The molecule has 0 saturated heterocycles. The lowest BCUT2D eigenvalue weighted by molar-refractivity contribution is 0.0922. The first-order valence-electron chi connectivity index (χ1n) is 8.78. The van der Waals surface area contributed by atoms with Gasteiger partial charge in [0, 0.05) is 12.1 Å². The smallest absolute Gasteiger partial charge is 0.274 e. The normalized spacial score (nSPS) is 15.6. The van der Waals surface area contributed by atoms with Crippen LogP contribution in [0.15, 0.2) is 28.8 Å². The molecule has 1 aliphatic carbocycles. The molecule has 6 heteroatoms. The molecular weight excluding hydrogens is 323 g/mol. The largest absolute Gasteiger partial charge is 0.489 e. The highest BCUT2D eigenvalue weighted by atomic mass is 19.1. The molecule has 1 fully saturated rings. The van der Waals surface area contributed by atoms with Crippen LogP contribution in [-0.4, -0.2) is 17.1 Å². The minimum Gasteiger partial charge on any atom is -0.489 e. The monoisotopic (exact) mass is 346 g/mol. The number of carbonyl (C=O) groups excluding carboxylic acids is 1. The summed E-state index contributed by atoms with van der Waals surface area (Å²) in [6.45, 7) is 1.84. The van der Waals surface area contributed by atoms with Crippen LogP contribution in [0.25, 0.3) is 0 Å². The number of nitrogens with one attached hydrogen (secondary N) is 1. The predicted molar refractivity (Wildman–Crippen MR) is 90.9 cm³/mol. The first-order valence-corrected chi connectivity index (χ1v) is 8.78. The average Bonchev–Trinajstić information content (AvgIpc) is 2.79. The SMILES string of the molecule is Cc1onc(C(=O)NC2CCCCCC2)c1COc1cccc(F)c1. The predicted octanol–water partition coefficient (Wildman–Crippen LogP) is 4.15. The number of carbonyl (C=O) groups is 1. The fourth-order valence-electron chi connectivity index (χ4n) is 3.13. The fraction of sp³-hybridized carbons (Fsp3) is 0.474. The van der Waals surface area contributed by atoms with Crippen molar-refractivity contribution in [1.29, 1.82) is 0 Å². The van der Waals surface area contributed by atoms with Crippen LogP contribution >= 0.6 is 0 Å². The second-order valence-corrected chi connectivity index (χ2v) is 6.47. The summed E-state index contributed by atoms with van der Waals surface area (Å²) >= 11 is 0. The fourth-order valence-corrected chi connectivity index (χ4v) is 3.13. The molecule has 2 aromatic rings. The highest BCUT2D eigenvalue weighted by Crippen LogP contribution is 2.21. The van der Waals surface area contributed by atoms with E-state index in [1.807, 2.05) is 0 Å². The van der Waals surface area contributed by atoms with E-state index in [2.05, 4.69) is 10.5 Å². The van der Waals surface area contributed by atoms with Gasteiger partial charge in [-0.3, -0.25) is 4.79 Å². The van der Waals surface area contributed by atoms with Gasteiger partial charge in [-0.2, -0.15) is 0 Å². The molecule has 1 aromatic carbocycles. The molecule has 0 radical (unpaired) electrons. The van der Waals surface area contributed by atoms with Gasteiger partial charge in [-0.15, -0.1) is 0 Å². The zero-order valence-corrected chi connectivity index (χ0v) is 14.4. The van der Waals surface area contributed by atoms with E-state index >= 15 is 0 Å². The second-order valence-electron chi connectivity index (χ2n) is 6.47. The lowest BCUT2D eigenvalue weighted by atomic mass is 10.1. The minimum atomic E-state index is -0.370. The zero-order chi connectivity index (χ0) is 17.6. The molecule has 3 rings (SSSR count). The van der Waals surface area contributed by atoms with Crippen LogP contribution in [0.2, 0.25) is 0 Å². The standard InChI is InChI=1S/C19H23FN2O3/c1-13-17(12-24-16-10-6-7-14(20)11-16)18(22-25-13)19(23)21-15-8-4-2-3-5-9-15/h6-7,10-11,15H,2-5,8-9,12H2,1H3,(H,21,23). The number of hydrogen-bond donors (Lipinski definition) is 1. The van der Waals surface area contributed by atoms with E-state index in [0.717, 1.165) is 25.7 Å². The Morgan fingerprint density at radius 2 is 2.08 bits per heavy atom. The first-order chi connectivity index (χ1) is 12.1. The van der Waals surface area contributed by atoms with E-state index < -0.39 is 0 Å². The third-order valence-corrected chi connectivity index (χ3v) is 4.57. The molecular formula is C19H23FN2O3. The number of aromatic nitrogens is 1. The Labute approximate surface area is 146 Å². The van der Waals surface area contributed by atoms with Crippen LogP contribution in [0.3, 0.4) is 0 Å². The third kappa shape index (κ3) is 4.59. The van der Waals surface area contributed by atoms with Crippen LogP contribution in [0.1, 0.15) is 60.3 Å². The molecule has 1 aliphatic rings. The van der Waals surface area contributed by atoms with Gasteiger partial charge in [0.05, 0.1) is 5.56 Å². The molecule has 1 aromatic heterocycles. The van der Waals surface area contributed by atoms with Crippen molar-refractivity contribution < 1.29 is 18.4 Å². The van der Waals surface area contributed by atoms with E-state index in [9.17, 15) is 9.18 Å². The highest BCUT2D eigenvalue weighted by Gasteiger charge is 2.23. The lowest BCUT2D eigenvalue weighted by Crippen LogP contribution is -2.35. The topological polar surface area (TPSA) is 64.4 Å². The number of rotatable bonds is 5. The molecule has 0 spiro atoms. The summed E-state index contributed by atoms with van der Waals surface area (Å²) < 4.78 is 24.0. The summed E-state index contributed by atoms with van der Waals surface area (Å²) in [5.41, 5.74) is 0.841. The van der Waals surface area contributed by atoms with Crippen LogP contribution < -0.4 is 10.1 Å². The molecule has 0 atom stereocenters. The summed E-state index contributed by atoms with van der Waals surface area (Å²) in [7, 11) is 0. The molecule has 0 aliphatic heterocycles. The van der Waals surface area contributed by atoms with Crippen molar-refractivity contribution in [3.63, 3.8) is 0 Å². The summed E-state index contributed by atoms with van der Waals surface area (Å²) in [6.07, 6.45) is 6.72. The van der Waals surface area contributed by atoms with Gasteiger partial charge in [0.25, 0.3) is 5.91 Å². The molecule has 0 unspecified atom stereocenters. The van der Waals surface area contributed by atoms with Crippen LogP contribution in [-0.2, 0) is 6.61 Å². The number of benzene rings is 1. The highest BCUT2D eigenvalue weighted by molar-refractivity contribution is 5.93. The molecule has 1 N–H and O–H groups in total. The summed E-state index contributed by atoms with van der Waals surface area (Å²) in [4.78, 5) is 12.6. The number of halogens is 1. The van der Waals surface area contributed by atoms with Crippen molar-refractivity contribution in [3.05, 3.63) is 47.1 Å². The molecule has 1 heterocycles. The Hall–Kier alpha value is -2.37. The van der Waals surface area contributed by atoms with Crippen molar-refractivity contribution in [3.8, 4) is 5.75 Å². The van der Waals surface area contributed by atoms with Gasteiger partial charge in [0.1, 0.15) is 23.9 Å². The molecule has 1 amide bonds. The molecule has 25 heavy (non-hydrogen) atoms. The zero-order valence-electron chi connectivity index (χ0n) is 14.4. The van der Waals surface area contributed by atoms with Crippen LogP contribution in [0, 0.1) is 12.7 Å². The molecule has 5 nitrogen and oxygen atoms in total. The molecule has 0 bridgehead atoms. The van der Waals surface area contributed by atoms with Crippen LogP contribution in [0.4, 0.5) is 4.39 Å². The van der Waals surface area contributed by atoms with Gasteiger partial charge in [-0.05, 0) is 31.9 Å². The minimum absolute atomic E-state index is 0.103. The van der Waals surface area contributed by atoms with E-state index in [0.29, 0.717) is 17.1 Å². The van der Waals surface area contributed by atoms with Gasteiger partial charge in [-0.1, -0.05) is 36.9 Å². The van der Waals surface area contributed by atoms with E-state index in [1.54, 1.807) is 19.1 Å². The number of ether oxygens (including phenoxy) is 1. The summed E-state index contributed by atoms with van der Waals surface area (Å²) in [6, 6.07) is 6.07. The van der Waals surface area contributed by atoms with Gasteiger partial charge in [-0.25, -0.2) is 4.39 Å². The number of amides is 1. The van der Waals surface area contributed by atoms with Gasteiger partial charge >= 0.3 is 0 Å². The maximum Gasteiger partial charge on any atom is 0.274 e. The first kappa shape index (κ1) is 17.5. The second kappa shape index (κ2) is 8.14. The third-order valence-electron chi connectivity index (χ3n) is 4.57. The Balaban J connectivity index is 1.66. The van der Waals surface area contributed by atoms with Crippen molar-refractivity contribution in [2.45, 2.75) is 58.1 Å². The van der Waals surface area contributed by atoms with Crippen molar-refractivity contribution in [2.24, 2.45) is 0 Å². The van der Waals surface area contributed by atoms with Crippen molar-refractivity contribution in [1.82, 2.24) is 10.5 Å². The van der Waals surface area contributed by atoms with E-state index in [-0.39, 0.29) is 30.1 Å². The maximum absolute atomic E-state index is 13.2. The van der Waals surface area contributed by atoms with E-state index in [4.69, 9.17) is 9.26 Å². The maximum atomic E-state index is 13.2. The number of hydrogen-bond acceptors (Lipinski definition) is 4. The molecule has 1 saturated carbocycles. The number of nitrogens with zero attached hydrogens (tertiary/aromatic N) is 1. The van der Waals surface area contributed by atoms with Gasteiger partial charge < -0.3 is 14.6 Å². The van der Waals surface area contributed by atoms with Gasteiger partial charge in [0.2, 0.25) is 0 Å². The van der Waals surface area contributed by atoms with Crippen LogP contribution in [0.5, 0.6) is 5.75 Å². The number of aryl methyl sites for hydroxylation is 1. The average molecular weight is 346 g/mol. The quantitative estimate of drug-likeness (QED) is 0.826. The Morgan fingerprint density at radius 3 is 2.80 bits per heavy atom. The Bertz CT molecular complexity index is 721. The Kier molecular flexibility index (Phi) is 5.68. The van der Waals surface area contributed by atoms with Gasteiger partial charge in [0.15, 0.2) is 5.69 Å². The van der Waals surface area contributed by atoms with Crippen molar-refractivity contribution in [2.75, 3.05) is 0 Å². The Morgan fingerprint density at radius 1 is 1.32 bits per heavy atom.